The summed E-state index contributed by atoms with van der Waals surface area (Å²) in [6, 6.07) is 6.30. The van der Waals surface area contributed by atoms with Crippen molar-refractivity contribution in [3.8, 4) is 17.0 Å². The second-order valence-corrected chi connectivity index (χ2v) is 5.52. The van der Waals surface area contributed by atoms with Crippen molar-refractivity contribution in [3.05, 3.63) is 46.9 Å². The van der Waals surface area contributed by atoms with Gasteiger partial charge in [-0.15, -0.1) is 0 Å². The molecule has 0 saturated carbocycles. The van der Waals surface area contributed by atoms with Crippen molar-refractivity contribution in [1.29, 1.82) is 0 Å². The highest BCUT2D eigenvalue weighted by Crippen LogP contribution is 2.43. The highest BCUT2D eigenvalue weighted by atomic mass is 19.1. The number of aliphatic hydroxyl groups excluding tert-OH is 1. The molecule has 0 aliphatic carbocycles. The zero-order valence-electron chi connectivity index (χ0n) is 11.9. The van der Waals surface area contributed by atoms with E-state index in [0.29, 0.717) is 33.8 Å². The Morgan fingerprint density at radius 1 is 1.38 bits per heavy atom. The predicted octanol–water partition coefficient (Wildman–Crippen LogP) is 2.29. The minimum Gasteiger partial charge on any atom is -0.488 e. The fraction of sp³-hybridized carbons (Fsp3) is 0.312. The number of aromatic nitrogens is 1. The molecule has 1 unspecified atom stereocenters. The van der Waals surface area contributed by atoms with Gasteiger partial charge in [-0.25, -0.2) is 9.37 Å². The van der Waals surface area contributed by atoms with E-state index in [4.69, 9.17) is 4.74 Å². The summed E-state index contributed by atoms with van der Waals surface area (Å²) >= 11 is 0. The van der Waals surface area contributed by atoms with Gasteiger partial charge in [0.05, 0.1) is 12.3 Å². The molecule has 0 saturated heterocycles. The minimum absolute atomic E-state index is 0.131. The summed E-state index contributed by atoms with van der Waals surface area (Å²) in [5, 5.41) is 19.7. The summed E-state index contributed by atoms with van der Waals surface area (Å²) in [4.78, 5) is 4.36. The van der Waals surface area contributed by atoms with E-state index in [0.717, 1.165) is 0 Å². The number of fused-ring (bicyclic) bond motifs is 1. The number of benzene rings is 1. The smallest absolute Gasteiger partial charge is 0.151 e. The van der Waals surface area contributed by atoms with Gasteiger partial charge in [0, 0.05) is 11.1 Å². The third-order valence-corrected chi connectivity index (χ3v) is 3.70. The molecular weight excluding hydrogens is 273 g/mol. The molecule has 110 valence electrons. The van der Waals surface area contributed by atoms with E-state index in [9.17, 15) is 14.6 Å². The maximum atomic E-state index is 13.4. The molecule has 5 heteroatoms. The van der Waals surface area contributed by atoms with Crippen LogP contribution in [0.1, 0.15) is 23.7 Å². The van der Waals surface area contributed by atoms with Crippen LogP contribution in [0.5, 0.6) is 5.75 Å². The molecule has 1 aliphatic heterocycles. The van der Waals surface area contributed by atoms with Crippen LogP contribution in [0.2, 0.25) is 0 Å². The Morgan fingerprint density at radius 3 is 2.81 bits per heavy atom. The van der Waals surface area contributed by atoms with Crippen molar-refractivity contribution in [2.24, 2.45) is 0 Å². The lowest BCUT2D eigenvalue weighted by Crippen LogP contribution is -2.22. The van der Waals surface area contributed by atoms with Gasteiger partial charge >= 0.3 is 0 Å². The van der Waals surface area contributed by atoms with Gasteiger partial charge in [-0.05, 0) is 43.7 Å². The molecule has 0 spiro atoms. The molecule has 2 N–H and O–H groups in total. The number of rotatable bonds is 2. The Morgan fingerprint density at radius 2 is 2.14 bits per heavy atom. The van der Waals surface area contributed by atoms with Gasteiger partial charge in [-0.1, -0.05) is 0 Å². The van der Waals surface area contributed by atoms with Gasteiger partial charge in [0.1, 0.15) is 23.7 Å². The van der Waals surface area contributed by atoms with Crippen LogP contribution in [-0.2, 0) is 12.2 Å². The zero-order chi connectivity index (χ0) is 15.2. The van der Waals surface area contributed by atoms with Gasteiger partial charge in [0.25, 0.3) is 0 Å². The maximum Gasteiger partial charge on any atom is 0.151 e. The van der Waals surface area contributed by atoms with Gasteiger partial charge in [0.2, 0.25) is 0 Å². The van der Waals surface area contributed by atoms with E-state index in [1.807, 2.05) is 0 Å². The summed E-state index contributed by atoms with van der Waals surface area (Å²) in [6.07, 6.45) is 0. The highest BCUT2D eigenvalue weighted by molar-refractivity contribution is 5.70. The van der Waals surface area contributed by atoms with Crippen LogP contribution in [0, 0.1) is 12.7 Å². The fourth-order valence-corrected chi connectivity index (χ4v) is 2.49. The van der Waals surface area contributed by atoms with Crippen LogP contribution < -0.4 is 4.74 Å². The summed E-state index contributed by atoms with van der Waals surface area (Å²) in [6.45, 7) is 3.22. The predicted molar refractivity (Wildman–Crippen MR) is 75.4 cm³/mol. The number of aliphatic hydroxyl groups is 2. The van der Waals surface area contributed by atoms with E-state index in [1.54, 1.807) is 32.0 Å². The summed E-state index contributed by atoms with van der Waals surface area (Å²) in [5.41, 5.74) is 1.62. The second-order valence-electron chi connectivity index (χ2n) is 5.52. The molecule has 0 amide bonds. The van der Waals surface area contributed by atoms with E-state index < -0.39 is 5.60 Å². The van der Waals surface area contributed by atoms with Crippen molar-refractivity contribution in [1.82, 2.24) is 4.98 Å². The number of nitrogens with zero attached hydrogens (tertiary/aromatic N) is 1. The number of aryl methyl sites for hydroxylation is 1. The lowest BCUT2D eigenvalue weighted by Gasteiger charge is -2.15. The van der Waals surface area contributed by atoms with Crippen LogP contribution in [-0.4, -0.2) is 21.8 Å². The fourth-order valence-electron chi connectivity index (χ4n) is 2.49. The number of hydrogen-bond donors (Lipinski definition) is 2. The molecule has 3 rings (SSSR count). The van der Waals surface area contributed by atoms with Crippen molar-refractivity contribution in [3.63, 3.8) is 0 Å². The van der Waals surface area contributed by atoms with Crippen molar-refractivity contribution in [2.45, 2.75) is 26.1 Å². The van der Waals surface area contributed by atoms with E-state index >= 15 is 0 Å². The Hall–Kier alpha value is -1.98. The summed E-state index contributed by atoms with van der Waals surface area (Å²) in [7, 11) is 0. The van der Waals surface area contributed by atoms with Gasteiger partial charge < -0.3 is 14.9 Å². The molecule has 2 aromatic rings. The van der Waals surface area contributed by atoms with Crippen molar-refractivity contribution >= 4 is 0 Å². The Bertz CT molecular complexity index is 713. The molecule has 1 atom stereocenters. The van der Waals surface area contributed by atoms with Gasteiger partial charge in [0.15, 0.2) is 5.75 Å². The van der Waals surface area contributed by atoms with Crippen molar-refractivity contribution in [2.75, 3.05) is 6.61 Å². The van der Waals surface area contributed by atoms with Gasteiger partial charge in [-0.3, -0.25) is 0 Å². The van der Waals surface area contributed by atoms with Crippen LogP contribution in [0.3, 0.4) is 0 Å². The molecule has 0 fully saturated rings. The molecular formula is C16H16FNO3. The maximum absolute atomic E-state index is 13.4. The van der Waals surface area contributed by atoms with Gasteiger partial charge in [-0.2, -0.15) is 0 Å². The molecule has 4 nitrogen and oxygen atoms in total. The second kappa shape index (κ2) is 4.79. The quantitative estimate of drug-likeness (QED) is 0.890. The monoisotopic (exact) mass is 289 g/mol. The Labute approximate surface area is 121 Å². The number of halogens is 1. The van der Waals surface area contributed by atoms with Crippen LogP contribution in [0.25, 0.3) is 11.3 Å². The lowest BCUT2D eigenvalue weighted by molar-refractivity contribution is 0.0349. The molecule has 0 bridgehead atoms. The van der Waals surface area contributed by atoms with E-state index in [2.05, 4.69) is 4.98 Å². The molecule has 21 heavy (non-hydrogen) atoms. The third kappa shape index (κ3) is 2.28. The topological polar surface area (TPSA) is 62.6 Å². The standard InChI is InChI=1S/C16H16FNO3/c1-9-5-10(3-4-13(9)17)14-15-12(6-11(7-19)18-14)16(2,20)8-21-15/h3-6,19-20H,7-8H2,1-2H3. The van der Waals surface area contributed by atoms with E-state index in [1.165, 1.54) is 6.07 Å². The lowest BCUT2D eigenvalue weighted by atomic mass is 9.96. The average Bonchev–Trinajstić information content (AvgIpc) is 2.77. The number of hydrogen-bond acceptors (Lipinski definition) is 4. The van der Waals surface area contributed by atoms with Crippen LogP contribution >= 0.6 is 0 Å². The summed E-state index contributed by atoms with van der Waals surface area (Å²) in [5.74, 6) is 0.199. The SMILES string of the molecule is Cc1cc(-c2nc(CO)cc3c2OCC3(C)O)ccc1F. The first-order chi connectivity index (χ1) is 9.92. The molecule has 1 aromatic carbocycles. The first kappa shape index (κ1) is 14.0. The Kier molecular flexibility index (Phi) is 3.19. The van der Waals surface area contributed by atoms with Crippen molar-refractivity contribution < 1.29 is 19.3 Å². The average molecular weight is 289 g/mol. The van der Waals surface area contributed by atoms with Crippen LogP contribution in [0.4, 0.5) is 4.39 Å². The first-order valence-electron chi connectivity index (χ1n) is 6.69. The van der Waals surface area contributed by atoms with Crippen LogP contribution in [0.15, 0.2) is 24.3 Å². The Balaban J connectivity index is 2.23. The number of ether oxygens (including phenoxy) is 1. The zero-order valence-corrected chi connectivity index (χ0v) is 11.9. The molecule has 1 aliphatic rings. The normalized spacial score (nSPS) is 20.2. The molecule has 0 radical (unpaired) electrons. The largest absolute Gasteiger partial charge is 0.488 e. The highest BCUT2D eigenvalue weighted by Gasteiger charge is 2.37. The minimum atomic E-state index is -1.12. The number of pyridine rings is 1. The first-order valence-corrected chi connectivity index (χ1v) is 6.69. The molecule has 2 heterocycles. The third-order valence-electron chi connectivity index (χ3n) is 3.70. The molecule has 1 aromatic heterocycles. The van der Waals surface area contributed by atoms with E-state index in [-0.39, 0.29) is 19.0 Å². The summed E-state index contributed by atoms with van der Waals surface area (Å²) < 4.78 is 19.0.